The molecule has 1 aliphatic rings. The maximum absolute atomic E-state index is 12.9. The Kier molecular flexibility index (Phi) is 7.83. The number of hydrogen-bond acceptors (Lipinski definition) is 4. The molecule has 7 nitrogen and oxygen atoms in total. The van der Waals surface area contributed by atoms with Gasteiger partial charge in [0.2, 0.25) is 0 Å². The van der Waals surface area contributed by atoms with Crippen molar-refractivity contribution in [3.8, 4) is 0 Å². The van der Waals surface area contributed by atoms with E-state index >= 15 is 0 Å². The molecule has 0 spiro atoms. The van der Waals surface area contributed by atoms with E-state index in [-0.39, 0.29) is 36.3 Å². The number of halogens is 1. The highest BCUT2D eigenvalue weighted by Gasteiger charge is 2.30. The van der Waals surface area contributed by atoms with Crippen LogP contribution in [0.5, 0.6) is 0 Å². The van der Waals surface area contributed by atoms with Gasteiger partial charge in [0, 0.05) is 36.4 Å². The van der Waals surface area contributed by atoms with Gasteiger partial charge in [0.15, 0.2) is 0 Å². The van der Waals surface area contributed by atoms with Gasteiger partial charge in [-0.2, -0.15) is 0 Å². The number of amides is 2. The molecule has 1 saturated heterocycles. The van der Waals surface area contributed by atoms with Crippen LogP contribution in [-0.2, 0) is 16.0 Å². The van der Waals surface area contributed by atoms with Gasteiger partial charge in [-0.05, 0) is 62.2 Å². The highest BCUT2D eigenvalue weighted by atomic mass is 35.5. The van der Waals surface area contributed by atoms with Crippen LogP contribution in [0.2, 0.25) is 0 Å². The van der Waals surface area contributed by atoms with Crippen LogP contribution in [0.1, 0.15) is 31.4 Å². The molecule has 0 atom stereocenters. The van der Waals surface area contributed by atoms with Crippen molar-refractivity contribution >= 4 is 41.6 Å². The Balaban J connectivity index is 0.00000320. The third kappa shape index (κ3) is 5.51. The van der Waals surface area contributed by atoms with Crippen LogP contribution in [0.4, 0.5) is 16.2 Å². The molecule has 0 unspecified atom stereocenters. The monoisotopic (exact) mass is 430 g/mol. The van der Waals surface area contributed by atoms with E-state index in [1.165, 1.54) is 0 Å². The lowest BCUT2D eigenvalue weighted by Gasteiger charge is -2.19. The summed E-state index contributed by atoms with van der Waals surface area (Å²) in [6.07, 6.45) is 0.839. The number of nitrogens with one attached hydrogen (secondary N) is 1. The zero-order valence-electron chi connectivity index (χ0n) is 17.1. The molecular formula is C22H27ClN4O3. The molecule has 2 amide bonds. The van der Waals surface area contributed by atoms with Crippen molar-refractivity contribution in [1.29, 1.82) is 5.41 Å². The lowest BCUT2D eigenvalue weighted by atomic mass is 10.1. The molecule has 1 aliphatic heterocycles. The van der Waals surface area contributed by atoms with Crippen molar-refractivity contribution in [2.75, 3.05) is 22.9 Å². The average molecular weight is 431 g/mol. The quantitative estimate of drug-likeness (QED) is 0.397. The molecule has 160 valence electrons. The van der Waals surface area contributed by atoms with Crippen LogP contribution < -0.4 is 15.5 Å². The van der Waals surface area contributed by atoms with E-state index in [9.17, 15) is 9.59 Å². The number of benzene rings is 2. The number of amidine groups is 1. The fraction of sp³-hybridized carbons (Fsp3) is 0.318. The fourth-order valence-electron chi connectivity index (χ4n) is 3.25. The first-order valence-corrected chi connectivity index (χ1v) is 9.67. The summed E-state index contributed by atoms with van der Waals surface area (Å²) in [6, 6.07) is 14.7. The number of urea groups is 1. The molecule has 1 fully saturated rings. The van der Waals surface area contributed by atoms with Crippen LogP contribution in [-0.4, -0.2) is 37.0 Å². The summed E-state index contributed by atoms with van der Waals surface area (Å²) in [5, 5.41) is 7.46. The number of anilines is 2. The summed E-state index contributed by atoms with van der Waals surface area (Å²) in [5.74, 6) is -0.200. The summed E-state index contributed by atoms with van der Waals surface area (Å²) in [5.41, 5.74) is 8.74. The molecule has 3 N–H and O–H groups in total. The van der Waals surface area contributed by atoms with Gasteiger partial charge in [-0.1, -0.05) is 12.1 Å². The van der Waals surface area contributed by atoms with Crippen molar-refractivity contribution in [2.24, 2.45) is 5.73 Å². The number of aryl methyl sites for hydroxylation is 1. The van der Waals surface area contributed by atoms with Gasteiger partial charge in [-0.25, -0.2) is 4.79 Å². The topological polar surface area (TPSA) is 99.7 Å². The smallest absolute Gasteiger partial charge is 0.329 e. The number of ether oxygens (including phenoxy) is 1. The molecule has 0 saturated carbocycles. The molecule has 0 aliphatic carbocycles. The second kappa shape index (κ2) is 10.1. The molecule has 3 rings (SSSR count). The largest absolute Gasteiger partial charge is 0.463 e. The molecular weight excluding hydrogens is 404 g/mol. The number of carbonyl (C=O) groups is 2. The molecule has 0 aromatic heterocycles. The summed E-state index contributed by atoms with van der Waals surface area (Å²) in [7, 11) is 0. The average Bonchev–Trinajstić information content (AvgIpc) is 3.07. The van der Waals surface area contributed by atoms with Gasteiger partial charge in [0.25, 0.3) is 0 Å². The van der Waals surface area contributed by atoms with Gasteiger partial charge < -0.3 is 10.5 Å². The van der Waals surface area contributed by atoms with E-state index < -0.39 is 0 Å². The molecule has 1 heterocycles. The minimum Gasteiger partial charge on any atom is -0.463 e. The fourth-order valence-corrected chi connectivity index (χ4v) is 3.25. The Labute approximate surface area is 182 Å². The van der Waals surface area contributed by atoms with Crippen LogP contribution in [0, 0.1) is 5.41 Å². The van der Waals surface area contributed by atoms with Crippen molar-refractivity contribution in [3.63, 3.8) is 0 Å². The number of rotatable bonds is 7. The van der Waals surface area contributed by atoms with Gasteiger partial charge >= 0.3 is 12.0 Å². The van der Waals surface area contributed by atoms with Crippen molar-refractivity contribution in [2.45, 2.75) is 32.8 Å². The third-order valence-electron chi connectivity index (χ3n) is 4.73. The normalized spacial score (nSPS) is 13.4. The van der Waals surface area contributed by atoms with Crippen LogP contribution in [0.25, 0.3) is 0 Å². The van der Waals surface area contributed by atoms with Gasteiger partial charge in [-0.3, -0.25) is 20.0 Å². The number of carbonyl (C=O) groups excluding carboxylic acids is 2. The van der Waals surface area contributed by atoms with Crippen molar-refractivity contribution < 1.29 is 14.3 Å². The first-order valence-electron chi connectivity index (χ1n) is 9.67. The molecule has 0 bridgehead atoms. The van der Waals surface area contributed by atoms with E-state index in [0.29, 0.717) is 31.5 Å². The van der Waals surface area contributed by atoms with Crippen molar-refractivity contribution in [3.05, 3.63) is 59.7 Å². The third-order valence-corrected chi connectivity index (χ3v) is 4.73. The Bertz CT molecular complexity index is 898. The Morgan fingerprint density at radius 3 is 2.00 bits per heavy atom. The number of hydrogen-bond donors (Lipinski definition) is 2. The predicted molar refractivity (Wildman–Crippen MR) is 121 cm³/mol. The van der Waals surface area contributed by atoms with Crippen LogP contribution in [0.15, 0.2) is 48.5 Å². The maximum atomic E-state index is 12.9. The highest BCUT2D eigenvalue weighted by Crippen LogP contribution is 2.26. The predicted octanol–water partition coefficient (Wildman–Crippen LogP) is 3.72. The first kappa shape index (κ1) is 23.2. The minimum absolute atomic E-state index is 0. The summed E-state index contributed by atoms with van der Waals surface area (Å²) >= 11 is 0. The van der Waals surface area contributed by atoms with Crippen LogP contribution >= 0.6 is 12.4 Å². The lowest BCUT2D eigenvalue weighted by Crippen LogP contribution is -2.31. The minimum atomic E-state index is -0.203. The Morgan fingerprint density at radius 2 is 1.53 bits per heavy atom. The second-order valence-corrected chi connectivity index (χ2v) is 7.25. The maximum Gasteiger partial charge on any atom is 0.329 e. The Morgan fingerprint density at radius 1 is 1.03 bits per heavy atom. The number of nitrogens with zero attached hydrogens (tertiary/aromatic N) is 2. The molecule has 0 radical (unpaired) electrons. The number of nitrogens with two attached hydrogens (primary N) is 1. The molecule has 8 heteroatoms. The van der Waals surface area contributed by atoms with Gasteiger partial charge in [0.05, 0.1) is 6.10 Å². The van der Waals surface area contributed by atoms with Gasteiger partial charge in [-0.15, -0.1) is 12.4 Å². The summed E-state index contributed by atoms with van der Waals surface area (Å²) < 4.78 is 5.15. The van der Waals surface area contributed by atoms with E-state index in [0.717, 1.165) is 16.9 Å². The highest BCUT2D eigenvalue weighted by molar-refractivity contribution is 6.06. The Hall–Kier alpha value is -3.06. The summed E-state index contributed by atoms with van der Waals surface area (Å²) in [4.78, 5) is 28.0. The lowest BCUT2D eigenvalue weighted by molar-refractivity contribution is -0.147. The zero-order chi connectivity index (χ0) is 21.0. The molecule has 2 aromatic rings. The van der Waals surface area contributed by atoms with Gasteiger partial charge in [0.1, 0.15) is 5.84 Å². The standard InChI is InChI=1S/C22H26N4O3.ClH/c1-15(2)29-20(27)12-5-16-3-8-18(9-4-16)25-13-14-26(22(25)28)19-10-6-17(7-11-19)21(23)24;/h3-4,6-11,15H,5,12-14H2,1-2H3,(H3,23,24);1H. The summed E-state index contributed by atoms with van der Waals surface area (Å²) in [6.45, 7) is 4.84. The number of esters is 1. The molecule has 30 heavy (non-hydrogen) atoms. The second-order valence-electron chi connectivity index (χ2n) is 7.25. The number of nitrogen functional groups attached to an aromatic ring is 1. The van der Waals surface area contributed by atoms with E-state index in [4.69, 9.17) is 15.9 Å². The zero-order valence-corrected chi connectivity index (χ0v) is 17.9. The molecule has 2 aromatic carbocycles. The van der Waals surface area contributed by atoms with E-state index in [2.05, 4.69) is 0 Å². The van der Waals surface area contributed by atoms with Crippen molar-refractivity contribution in [1.82, 2.24) is 0 Å². The SMILES string of the molecule is CC(C)OC(=O)CCc1ccc(N2CCN(c3ccc(C(=N)N)cc3)C2=O)cc1.Cl. The van der Waals surface area contributed by atoms with E-state index in [1.807, 2.05) is 38.1 Å². The van der Waals surface area contributed by atoms with E-state index in [1.54, 1.807) is 34.1 Å². The first-order chi connectivity index (χ1) is 13.8. The van der Waals surface area contributed by atoms with Crippen LogP contribution in [0.3, 0.4) is 0 Å².